The Morgan fingerprint density at radius 2 is 2.36 bits per heavy atom. The molecule has 1 atom stereocenters. The average Bonchev–Trinajstić information content (AvgIpc) is 3.34. The summed E-state index contributed by atoms with van der Waals surface area (Å²) < 4.78 is 5.32. The number of hydrogen-bond donors (Lipinski definition) is 0. The maximum absolute atomic E-state index is 12.5. The molecular formula is C17H17N5O2S. The Balaban J connectivity index is 1.44. The molecule has 0 bridgehead atoms. The molecular weight excluding hydrogens is 338 g/mol. The molecule has 1 aliphatic heterocycles. The highest BCUT2D eigenvalue weighted by Crippen LogP contribution is 2.27. The predicted octanol–water partition coefficient (Wildman–Crippen LogP) is 2.54. The molecule has 4 heterocycles. The van der Waals surface area contributed by atoms with Crippen molar-refractivity contribution in [3.05, 3.63) is 46.8 Å². The van der Waals surface area contributed by atoms with E-state index in [2.05, 4.69) is 20.1 Å². The second kappa shape index (κ2) is 7.10. The summed E-state index contributed by atoms with van der Waals surface area (Å²) in [4.78, 5) is 27.1. The molecule has 3 aromatic rings. The molecule has 4 rings (SSSR count). The second-order valence-corrected chi connectivity index (χ2v) is 6.82. The van der Waals surface area contributed by atoms with Gasteiger partial charge in [0.2, 0.25) is 5.91 Å². The van der Waals surface area contributed by atoms with Crippen molar-refractivity contribution in [3.8, 4) is 11.6 Å². The summed E-state index contributed by atoms with van der Waals surface area (Å²) in [5.74, 6) is 1.24. The molecule has 3 aromatic heterocycles. The zero-order valence-corrected chi connectivity index (χ0v) is 14.4. The normalized spacial score (nSPS) is 17.6. The van der Waals surface area contributed by atoms with E-state index >= 15 is 0 Å². The van der Waals surface area contributed by atoms with Crippen molar-refractivity contribution in [3.63, 3.8) is 0 Å². The summed E-state index contributed by atoms with van der Waals surface area (Å²) in [6.45, 7) is 1.41. The summed E-state index contributed by atoms with van der Waals surface area (Å²) >= 11 is 1.61. The minimum Gasteiger partial charge on any atom is -0.342 e. The number of carbonyl (C=O) groups is 1. The van der Waals surface area contributed by atoms with Gasteiger partial charge in [-0.15, -0.1) is 0 Å². The van der Waals surface area contributed by atoms with Crippen LogP contribution in [0.4, 0.5) is 0 Å². The Bertz CT molecular complexity index is 834. The van der Waals surface area contributed by atoms with Crippen LogP contribution in [0.15, 0.2) is 39.9 Å². The molecule has 0 saturated carbocycles. The smallest absolute Gasteiger partial charge is 0.278 e. The van der Waals surface area contributed by atoms with Crippen molar-refractivity contribution < 1.29 is 9.32 Å². The molecule has 25 heavy (non-hydrogen) atoms. The summed E-state index contributed by atoms with van der Waals surface area (Å²) in [5, 5.41) is 8.11. The van der Waals surface area contributed by atoms with Gasteiger partial charge < -0.3 is 9.42 Å². The minimum atomic E-state index is 0.0920. The van der Waals surface area contributed by atoms with Gasteiger partial charge in [0.25, 0.3) is 5.89 Å². The number of hydrogen-bond acceptors (Lipinski definition) is 7. The number of nitrogens with zero attached hydrogens (tertiary/aromatic N) is 5. The van der Waals surface area contributed by atoms with Crippen LogP contribution in [-0.2, 0) is 11.2 Å². The summed E-state index contributed by atoms with van der Waals surface area (Å²) in [6, 6.07) is 2.00. The van der Waals surface area contributed by atoms with Crippen molar-refractivity contribution in [1.82, 2.24) is 25.0 Å². The SMILES string of the molecule is O=C(Cc1ccsc1)N1CCC[C@H](c2noc(-c3cnccn3)n2)C1. The van der Waals surface area contributed by atoms with Crippen LogP contribution in [0.3, 0.4) is 0 Å². The number of carbonyl (C=O) groups excluding carboxylic acids is 1. The van der Waals surface area contributed by atoms with Crippen LogP contribution in [0.1, 0.15) is 30.1 Å². The first-order valence-electron chi connectivity index (χ1n) is 8.18. The number of piperidine rings is 1. The van der Waals surface area contributed by atoms with Crippen LogP contribution < -0.4 is 0 Å². The molecule has 0 radical (unpaired) electrons. The van der Waals surface area contributed by atoms with Crippen molar-refractivity contribution in [2.24, 2.45) is 0 Å². The van der Waals surface area contributed by atoms with Gasteiger partial charge >= 0.3 is 0 Å². The summed E-state index contributed by atoms with van der Waals surface area (Å²) in [6.07, 6.45) is 7.11. The van der Waals surface area contributed by atoms with Crippen LogP contribution in [0, 0.1) is 0 Å². The lowest BCUT2D eigenvalue weighted by Gasteiger charge is -2.31. The molecule has 1 saturated heterocycles. The zero-order valence-electron chi connectivity index (χ0n) is 13.5. The van der Waals surface area contributed by atoms with Gasteiger partial charge in [-0.25, -0.2) is 4.98 Å². The highest BCUT2D eigenvalue weighted by molar-refractivity contribution is 7.08. The Kier molecular flexibility index (Phi) is 4.51. The van der Waals surface area contributed by atoms with Gasteiger partial charge in [-0.05, 0) is 35.2 Å². The summed E-state index contributed by atoms with van der Waals surface area (Å²) in [5.41, 5.74) is 1.63. The van der Waals surface area contributed by atoms with Gasteiger partial charge in [0.1, 0.15) is 5.69 Å². The van der Waals surface area contributed by atoms with Gasteiger partial charge in [0.05, 0.1) is 12.6 Å². The van der Waals surface area contributed by atoms with Crippen LogP contribution in [0.5, 0.6) is 0 Å². The van der Waals surface area contributed by atoms with E-state index in [1.165, 1.54) is 0 Å². The largest absolute Gasteiger partial charge is 0.342 e. The second-order valence-electron chi connectivity index (χ2n) is 6.04. The van der Waals surface area contributed by atoms with Crippen molar-refractivity contribution in [2.45, 2.75) is 25.2 Å². The zero-order chi connectivity index (χ0) is 17.1. The average molecular weight is 355 g/mol. The molecule has 128 valence electrons. The van der Waals surface area contributed by atoms with E-state index in [1.807, 2.05) is 21.7 Å². The number of thiophene rings is 1. The Labute approximate surface area is 148 Å². The quantitative estimate of drug-likeness (QED) is 0.715. The Hall–Kier alpha value is -2.61. The highest BCUT2D eigenvalue weighted by Gasteiger charge is 2.28. The molecule has 0 spiro atoms. The first kappa shape index (κ1) is 15.9. The standard InChI is InChI=1S/C17H17N5O2S/c23-15(8-12-3-7-25-11-12)22-6-1-2-13(10-22)16-20-17(24-21-16)14-9-18-4-5-19-14/h3-5,7,9,11,13H,1-2,6,8,10H2/t13-/m0/s1. The van der Waals surface area contributed by atoms with E-state index in [-0.39, 0.29) is 11.8 Å². The monoisotopic (exact) mass is 355 g/mol. The number of rotatable bonds is 4. The summed E-state index contributed by atoms with van der Waals surface area (Å²) in [7, 11) is 0. The van der Waals surface area contributed by atoms with E-state index in [0.29, 0.717) is 30.4 Å². The van der Waals surface area contributed by atoms with Crippen molar-refractivity contribution >= 4 is 17.2 Å². The maximum atomic E-state index is 12.5. The van der Waals surface area contributed by atoms with E-state index in [9.17, 15) is 4.79 Å². The molecule has 8 heteroatoms. The Morgan fingerprint density at radius 3 is 3.16 bits per heavy atom. The lowest BCUT2D eigenvalue weighted by atomic mass is 9.97. The first-order chi connectivity index (χ1) is 12.3. The Morgan fingerprint density at radius 1 is 1.40 bits per heavy atom. The molecule has 0 N–H and O–H groups in total. The van der Waals surface area contributed by atoms with E-state index in [1.54, 1.807) is 29.9 Å². The van der Waals surface area contributed by atoms with Crippen LogP contribution in [0.2, 0.25) is 0 Å². The lowest BCUT2D eigenvalue weighted by molar-refractivity contribution is -0.131. The predicted molar refractivity (Wildman–Crippen MR) is 91.9 cm³/mol. The van der Waals surface area contributed by atoms with Crippen LogP contribution in [0.25, 0.3) is 11.6 Å². The topological polar surface area (TPSA) is 85.0 Å². The van der Waals surface area contributed by atoms with Crippen molar-refractivity contribution in [2.75, 3.05) is 13.1 Å². The third kappa shape index (κ3) is 3.58. The van der Waals surface area contributed by atoms with Crippen molar-refractivity contribution in [1.29, 1.82) is 0 Å². The molecule has 0 aliphatic carbocycles. The molecule has 1 fully saturated rings. The third-order valence-electron chi connectivity index (χ3n) is 4.30. The molecule has 7 nitrogen and oxygen atoms in total. The fourth-order valence-electron chi connectivity index (χ4n) is 3.01. The molecule has 0 unspecified atom stereocenters. The molecule has 0 aromatic carbocycles. The third-order valence-corrected chi connectivity index (χ3v) is 5.03. The molecule has 1 amide bonds. The lowest BCUT2D eigenvalue weighted by Crippen LogP contribution is -2.40. The van der Waals surface area contributed by atoms with Gasteiger partial charge in [-0.3, -0.25) is 9.78 Å². The first-order valence-corrected chi connectivity index (χ1v) is 9.13. The number of amides is 1. The highest BCUT2D eigenvalue weighted by atomic mass is 32.1. The van der Waals surface area contributed by atoms with Gasteiger partial charge in [-0.1, -0.05) is 5.16 Å². The fourth-order valence-corrected chi connectivity index (χ4v) is 3.68. The van der Waals surface area contributed by atoms with Gasteiger partial charge in [0.15, 0.2) is 5.82 Å². The van der Waals surface area contributed by atoms with Gasteiger partial charge in [0, 0.05) is 31.4 Å². The molecule has 1 aliphatic rings. The minimum absolute atomic E-state index is 0.0920. The number of likely N-dealkylation sites (tertiary alicyclic amines) is 1. The van der Waals surface area contributed by atoms with E-state index in [4.69, 9.17) is 4.52 Å². The van der Waals surface area contributed by atoms with Crippen LogP contribution >= 0.6 is 11.3 Å². The number of aromatic nitrogens is 4. The van der Waals surface area contributed by atoms with E-state index < -0.39 is 0 Å². The fraction of sp³-hybridized carbons (Fsp3) is 0.353. The van der Waals surface area contributed by atoms with E-state index in [0.717, 1.165) is 24.9 Å². The van der Waals surface area contributed by atoms with Gasteiger partial charge in [-0.2, -0.15) is 16.3 Å². The maximum Gasteiger partial charge on any atom is 0.278 e. The van der Waals surface area contributed by atoms with Crippen LogP contribution in [-0.4, -0.2) is 44.0 Å².